The van der Waals surface area contributed by atoms with Gasteiger partial charge in [-0.1, -0.05) is 32.9 Å². The molecule has 0 unspecified atom stereocenters. The first kappa shape index (κ1) is 23.6. The lowest BCUT2D eigenvalue weighted by molar-refractivity contribution is -0.131. The highest BCUT2D eigenvalue weighted by Crippen LogP contribution is 2.22. The number of nitrogens with zero attached hydrogens (tertiary/aromatic N) is 2. The molecule has 1 saturated heterocycles. The third kappa shape index (κ3) is 6.49. The quantitative estimate of drug-likeness (QED) is 0.619. The smallest absolute Gasteiger partial charge is 0.262 e. The van der Waals surface area contributed by atoms with Gasteiger partial charge in [0.05, 0.1) is 0 Å². The monoisotopic (exact) mass is 437 g/mol. The number of amides is 2. The standard InChI is InChI=1S/C26H35N3O3/c1-4-6-26(31)29-17-15-28(16-18-29)23-11-9-22(10-12-23)27-25(30)19-32-24-13-7-21(8-14-24)20(3)5-2/h7-14,20H,4-6,15-19H2,1-3H3,(H,27,30)/t20-/m1/s1. The van der Waals surface area contributed by atoms with Crippen LogP contribution in [0.4, 0.5) is 11.4 Å². The third-order valence-corrected chi connectivity index (χ3v) is 6.04. The molecule has 1 aliphatic heterocycles. The Balaban J connectivity index is 1.44. The van der Waals surface area contributed by atoms with Gasteiger partial charge in [-0.2, -0.15) is 0 Å². The van der Waals surface area contributed by atoms with Crippen molar-refractivity contribution in [3.63, 3.8) is 0 Å². The Bertz CT molecular complexity index is 872. The summed E-state index contributed by atoms with van der Waals surface area (Å²) < 4.78 is 5.62. The zero-order valence-corrected chi connectivity index (χ0v) is 19.5. The second-order valence-electron chi connectivity index (χ2n) is 8.38. The second-order valence-corrected chi connectivity index (χ2v) is 8.38. The fourth-order valence-electron chi connectivity index (χ4n) is 3.82. The van der Waals surface area contributed by atoms with Gasteiger partial charge in [-0.15, -0.1) is 0 Å². The van der Waals surface area contributed by atoms with Crippen LogP contribution in [0, 0.1) is 0 Å². The van der Waals surface area contributed by atoms with Crippen LogP contribution in [0.15, 0.2) is 48.5 Å². The maximum Gasteiger partial charge on any atom is 0.262 e. The van der Waals surface area contributed by atoms with Crippen molar-refractivity contribution in [1.82, 2.24) is 4.90 Å². The lowest BCUT2D eigenvalue weighted by Crippen LogP contribution is -2.48. The minimum absolute atomic E-state index is 0.0296. The van der Waals surface area contributed by atoms with Crippen molar-refractivity contribution < 1.29 is 14.3 Å². The van der Waals surface area contributed by atoms with Gasteiger partial charge >= 0.3 is 0 Å². The van der Waals surface area contributed by atoms with E-state index in [0.717, 1.165) is 50.4 Å². The molecule has 2 aromatic rings. The average Bonchev–Trinajstić information content (AvgIpc) is 2.83. The van der Waals surface area contributed by atoms with E-state index < -0.39 is 0 Å². The maximum atomic E-state index is 12.3. The molecule has 0 radical (unpaired) electrons. The molecule has 6 nitrogen and oxygen atoms in total. The summed E-state index contributed by atoms with van der Waals surface area (Å²) >= 11 is 0. The van der Waals surface area contributed by atoms with E-state index in [2.05, 4.69) is 36.2 Å². The molecule has 172 valence electrons. The molecule has 2 amide bonds. The van der Waals surface area contributed by atoms with E-state index in [4.69, 9.17) is 4.74 Å². The van der Waals surface area contributed by atoms with E-state index in [-0.39, 0.29) is 18.4 Å². The average molecular weight is 438 g/mol. The van der Waals surface area contributed by atoms with Crippen molar-refractivity contribution in [2.24, 2.45) is 0 Å². The van der Waals surface area contributed by atoms with E-state index in [0.29, 0.717) is 18.1 Å². The molecular weight excluding hydrogens is 402 g/mol. The van der Waals surface area contributed by atoms with Crippen LogP contribution in [-0.4, -0.2) is 49.5 Å². The number of piperazine rings is 1. The van der Waals surface area contributed by atoms with Crippen molar-refractivity contribution in [3.05, 3.63) is 54.1 Å². The molecule has 32 heavy (non-hydrogen) atoms. The third-order valence-electron chi connectivity index (χ3n) is 6.04. The first-order valence-electron chi connectivity index (χ1n) is 11.7. The van der Waals surface area contributed by atoms with E-state index in [9.17, 15) is 9.59 Å². The number of rotatable bonds is 9. The molecule has 2 aromatic carbocycles. The number of ether oxygens (including phenoxy) is 1. The summed E-state index contributed by atoms with van der Waals surface area (Å²) in [7, 11) is 0. The van der Waals surface area contributed by atoms with Crippen LogP contribution in [-0.2, 0) is 9.59 Å². The Morgan fingerprint density at radius 3 is 2.22 bits per heavy atom. The van der Waals surface area contributed by atoms with Gasteiger partial charge in [-0.25, -0.2) is 0 Å². The highest BCUT2D eigenvalue weighted by Gasteiger charge is 2.20. The molecule has 0 spiro atoms. The van der Waals surface area contributed by atoms with Gasteiger partial charge in [0.1, 0.15) is 5.75 Å². The lowest BCUT2D eigenvalue weighted by Gasteiger charge is -2.36. The largest absolute Gasteiger partial charge is 0.484 e. The maximum absolute atomic E-state index is 12.3. The Morgan fingerprint density at radius 1 is 0.969 bits per heavy atom. The molecule has 0 aromatic heterocycles. The van der Waals surface area contributed by atoms with E-state index in [1.54, 1.807) is 0 Å². The Kier molecular flexibility index (Phi) is 8.54. The summed E-state index contributed by atoms with van der Waals surface area (Å²) in [5.74, 6) is 1.27. The molecule has 3 rings (SSSR count). The number of carbonyl (C=O) groups is 2. The lowest BCUT2D eigenvalue weighted by atomic mass is 9.99. The predicted molar refractivity (Wildman–Crippen MR) is 129 cm³/mol. The van der Waals surface area contributed by atoms with E-state index >= 15 is 0 Å². The van der Waals surface area contributed by atoms with Gasteiger partial charge in [0.25, 0.3) is 5.91 Å². The van der Waals surface area contributed by atoms with Gasteiger partial charge in [-0.05, 0) is 60.7 Å². The molecule has 0 saturated carbocycles. The summed E-state index contributed by atoms with van der Waals surface area (Å²) in [6.45, 7) is 9.53. The number of carbonyl (C=O) groups excluding carboxylic acids is 2. The van der Waals surface area contributed by atoms with Crippen LogP contribution in [0.25, 0.3) is 0 Å². The number of benzene rings is 2. The number of anilines is 2. The van der Waals surface area contributed by atoms with Gasteiger partial charge in [0.2, 0.25) is 5.91 Å². The van der Waals surface area contributed by atoms with E-state index in [1.807, 2.05) is 48.2 Å². The van der Waals surface area contributed by atoms with Crippen molar-refractivity contribution in [2.45, 2.75) is 46.0 Å². The first-order valence-corrected chi connectivity index (χ1v) is 11.7. The Hall–Kier alpha value is -3.02. The molecule has 0 aliphatic carbocycles. The molecule has 1 atom stereocenters. The van der Waals surface area contributed by atoms with Crippen LogP contribution in [0.1, 0.15) is 51.5 Å². The van der Waals surface area contributed by atoms with Gasteiger partial charge < -0.3 is 19.9 Å². The zero-order valence-electron chi connectivity index (χ0n) is 19.5. The van der Waals surface area contributed by atoms with Crippen LogP contribution < -0.4 is 15.0 Å². The summed E-state index contributed by atoms with van der Waals surface area (Å²) in [4.78, 5) is 28.5. The Morgan fingerprint density at radius 2 is 1.62 bits per heavy atom. The van der Waals surface area contributed by atoms with Gasteiger partial charge in [-0.3, -0.25) is 9.59 Å². The normalized spacial score (nSPS) is 14.7. The summed E-state index contributed by atoms with van der Waals surface area (Å²) in [5, 5.41) is 2.88. The SMILES string of the molecule is CCCC(=O)N1CCN(c2ccc(NC(=O)COc3ccc([C@H](C)CC)cc3)cc2)CC1. The summed E-state index contributed by atoms with van der Waals surface area (Å²) in [6, 6.07) is 15.8. The van der Waals surface area contributed by atoms with Gasteiger partial charge in [0, 0.05) is 44.0 Å². The highest BCUT2D eigenvalue weighted by atomic mass is 16.5. The summed E-state index contributed by atoms with van der Waals surface area (Å²) in [5.41, 5.74) is 3.12. The molecule has 1 heterocycles. The topological polar surface area (TPSA) is 61.9 Å². The van der Waals surface area contributed by atoms with Crippen molar-refractivity contribution in [1.29, 1.82) is 0 Å². The minimum Gasteiger partial charge on any atom is -0.484 e. The first-order chi connectivity index (χ1) is 15.5. The van der Waals surface area contributed by atoms with E-state index in [1.165, 1.54) is 5.56 Å². The molecule has 1 aliphatic rings. The van der Waals surface area contributed by atoms with Crippen molar-refractivity contribution in [3.8, 4) is 5.75 Å². The number of hydrogen-bond donors (Lipinski definition) is 1. The molecule has 6 heteroatoms. The summed E-state index contributed by atoms with van der Waals surface area (Å²) in [6.07, 6.45) is 2.61. The molecule has 1 fully saturated rings. The zero-order chi connectivity index (χ0) is 22.9. The Labute approximate surface area is 191 Å². The van der Waals surface area contributed by atoms with Crippen molar-refractivity contribution in [2.75, 3.05) is 43.0 Å². The second kappa shape index (κ2) is 11.6. The number of hydrogen-bond acceptors (Lipinski definition) is 4. The van der Waals surface area contributed by atoms with Crippen molar-refractivity contribution >= 4 is 23.2 Å². The van der Waals surface area contributed by atoms with Crippen LogP contribution in [0.3, 0.4) is 0 Å². The van der Waals surface area contributed by atoms with Crippen LogP contribution in [0.5, 0.6) is 5.75 Å². The van der Waals surface area contributed by atoms with Gasteiger partial charge in [0.15, 0.2) is 6.61 Å². The molecule has 1 N–H and O–H groups in total. The van der Waals surface area contributed by atoms with Crippen LogP contribution >= 0.6 is 0 Å². The fourth-order valence-corrected chi connectivity index (χ4v) is 3.82. The molecule has 0 bridgehead atoms. The number of nitrogens with one attached hydrogen (secondary N) is 1. The van der Waals surface area contributed by atoms with Crippen LogP contribution in [0.2, 0.25) is 0 Å². The predicted octanol–water partition coefficient (Wildman–Crippen LogP) is 4.67. The fraction of sp³-hybridized carbons (Fsp3) is 0.462. The molecular formula is C26H35N3O3. The minimum atomic E-state index is -0.188. The highest BCUT2D eigenvalue weighted by molar-refractivity contribution is 5.92.